The van der Waals surface area contributed by atoms with Crippen molar-refractivity contribution in [2.45, 2.75) is 66.2 Å². The van der Waals surface area contributed by atoms with Crippen LogP contribution >= 0.6 is 0 Å². The van der Waals surface area contributed by atoms with Gasteiger partial charge in [-0.2, -0.15) is 0 Å². The molecule has 2 nitrogen and oxygen atoms in total. The maximum absolute atomic E-state index is 2.64. The maximum atomic E-state index is 2.64. The number of nitrogens with zero attached hydrogens (tertiary/aromatic N) is 2. The van der Waals surface area contributed by atoms with Crippen LogP contribution in [0.4, 0.5) is 34.1 Å². The minimum atomic E-state index is -0.0537. The van der Waals surface area contributed by atoms with Crippen LogP contribution < -0.4 is 42.6 Å². The number of hydrogen-bond acceptors (Lipinski definition) is 2. The summed E-state index contributed by atoms with van der Waals surface area (Å²) in [5.74, 6) is 0. The van der Waals surface area contributed by atoms with Crippen LogP contribution in [0.25, 0.3) is 54.6 Å². The van der Waals surface area contributed by atoms with Gasteiger partial charge in [0.05, 0.1) is 0 Å². The lowest BCUT2D eigenvalue weighted by Crippen LogP contribution is -2.60. The summed E-state index contributed by atoms with van der Waals surface area (Å²) < 4.78 is 0. The van der Waals surface area contributed by atoms with E-state index in [1.807, 2.05) is 0 Å². The molecule has 314 valence electrons. The number of fused-ring (bicyclic) bond motifs is 8. The van der Waals surface area contributed by atoms with Crippen LogP contribution in [-0.4, -0.2) is 13.4 Å². The van der Waals surface area contributed by atoms with Crippen molar-refractivity contribution in [3.05, 3.63) is 180 Å². The number of aryl methyl sites for hydroxylation is 2. The molecule has 0 fully saturated rings. The van der Waals surface area contributed by atoms with E-state index in [0.29, 0.717) is 0 Å². The van der Waals surface area contributed by atoms with Crippen molar-refractivity contribution in [1.29, 1.82) is 0 Å². The molecule has 0 aliphatic carbocycles. The fourth-order valence-electron chi connectivity index (χ4n) is 12.9. The van der Waals surface area contributed by atoms with Crippen molar-refractivity contribution in [2.75, 3.05) is 9.80 Å². The summed E-state index contributed by atoms with van der Waals surface area (Å²) in [7, 11) is 0. The van der Waals surface area contributed by atoms with Gasteiger partial charge in [0.15, 0.2) is 0 Å². The molecule has 0 aromatic heterocycles. The van der Waals surface area contributed by atoms with Gasteiger partial charge in [0, 0.05) is 34.1 Å². The first-order valence-corrected chi connectivity index (χ1v) is 23.9. The summed E-state index contributed by atoms with van der Waals surface area (Å²) in [5, 5.41) is 8.48. The van der Waals surface area contributed by atoms with E-state index in [1.165, 1.54) is 144 Å². The van der Waals surface area contributed by atoms with Gasteiger partial charge >= 0.3 is 0 Å². The third-order valence-electron chi connectivity index (χ3n) is 15.9. The molecule has 10 aromatic rings. The van der Waals surface area contributed by atoms with E-state index < -0.39 is 0 Å². The van der Waals surface area contributed by atoms with E-state index in [-0.39, 0.29) is 24.3 Å². The molecule has 4 aliphatic rings. The normalized spacial score (nSPS) is 14.2. The van der Waals surface area contributed by atoms with Crippen LogP contribution in [0.2, 0.25) is 0 Å². The van der Waals surface area contributed by atoms with Gasteiger partial charge in [-0.15, -0.1) is 0 Å². The molecule has 66 heavy (non-hydrogen) atoms. The second-order valence-electron chi connectivity index (χ2n) is 21.7. The van der Waals surface area contributed by atoms with Crippen molar-refractivity contribution < 1.29 is 0 Å². The largest absolute Gasteiger partial charge is 0.311 e. The Kier molecular flexibility index (Phi) is 7.45. The summed E-state index contributed by atoms with van der Waals surface area (Å²) in [6, 6.07) is 61.0. The monoisotopic (exact) mass is 844 g/mol. The molecule has 0 saturated carbocycles. The highest BCUT2D eigenvalue weighted by Gasteiger charge is 2.46. The second kappa shape index (κ2) is 12.9. The number of rotatable bonds is 2. The zero-order valence-electron chi connectivity index (χ0n) is 39.1. The van der Waals surface area contributed by atoms with E-state index >= 15 is 0 Å². The summed E-state index contributed by atoms with van der Waals surface area (Å²) in [4.78, 5) is 5.09. The van der Waals surface area contributed by atoms with Crippen LogP contribution in [-0.2, 0) is 10.8 Å². The van der Waals surface area contributed by atoms with Crippen LogP contribution in [0, 0.1) is 13.8 Å². The lowest BCUT2D eigenvalue weighted by molar-refractivity contribution is 0.590. The number of hydrogen-bond donors (Lipinski definition) is 0. The van der Waals surface area contributed by atoms with E-state index in [0.717, 1.165) is 0 Å². The smallest absolute Gasteiger partial charge is 0.248 e. The molecule has 0 spiro atoms. The molecule has 0 N–H and O–H groups in total. The summed E-state index contributed by atoms with van der Waals surface area (Å²) >= 11 is 0. The minimum Gasteiger partial charge on any atom is -0.311 e. The van der Waals surface area contributed by atoms with Crippen LogP contribution in [0.1, 0.15) is 63.8 Å². The first-order chi connectivity index (χ1) is 31.9. The van der Waals surface area contributed by atoms with Gasteiger partial charge in [-0.25, -0.2) is 0 Å². The number of benzene rings is 10. The maximum Gasteiger partial charge on any atom is 0.248 e. The van der Waals surface area contributed by atoms with Crippen molar-refractivity contribution in [1.82, 2.24) is 0 Å². The topological polar surface area (TPSA) is 6.48 Å². The Balaban J connectivity index is 1.15. The van der Waals surface area contributed by atoms with Crippen molar-refractivity contribution in [3.8, 4) is 22.3 Å². The molecule has 0 saturated heterocycles. The summed E-state index contributed by atoms with van der Waals surface area (Å²) in [6.45, 7) is 19.1. The molecule has 10 aromatic carbocycles. The number of para-hydroxylation sites is 4. The van der Waals surface area contributed by atoms with Crippen LogP contribution in [0.15, 0.2) is 158 Å². The van der Waals surface area contributed by atoms with Crippen molar-refractivity contribution in [2.24, 2.45) is 0 Å². The van der Waals surface area contributed by atoms with E-state index in [1.54, 1.807) is 0 Å². The predicted octanol–water partition coefficient (Wildman–Crippen LogP) is 12.4. The Labute approximate surface area is 389 Å². The first kappa shape index (κ1) is 38.3. The zero-order valence-corrected chi connectivity index (χ0v) is 39.1. The Bertz CT molecular complexity index is 3510. The standard InChI is InChI=1S/C62H50B2N2/c1-35-27-43-45-29-37(61(3,4)5)31-53-59(45)64(48-24-16-18-26-52(48)65(53)39-19-11-9-12-20-39)50-34-42-36(2)28-44-46-30-38(62(6,7)8)32-54-60(46)63(49-33-41(35)57(55(43)50)58(42)56(44)49)47-23-15-17-25-51(47)66(54)40-21-13-10-14-22-40/h9-34H,1-8H3. The third kappa shape index (κ3) is 4.89. The molecule has 4 heteroatoms. The van der Waals surface area contributed by atoms with Gasteiger partial charge in [0.25, 0.3) is 0 Å². The molecule has 0 bridgehead atoms. The molecule has 4 aliphatic heterocycles. The lowest BCUT2D eigenvalue weighted by Gasteiger charge is -2.43. The molecule has 0 atom stereocenters. The highest BCUT2D eigenvalue weighted by atomic mass is 15.2. The minimum absolute atomic E-state index is 0.0537. The quantitative estimate of drug-likeness (QED) is 0.126. The van der Waals surface area contributed by atoms with Gasteiger partial charge in [-0.1, -0.05) is 162 Å². The average molecular weight is 845 g/mol. The van der Waals surface area contributed by atoms with Gasteiger partial charge in [0.1, 0.15) is 0 Å². The van der Waals surface area contributed by atoms with Gasteiger partial charge < -0.3 is 9.80 Å². The molecule has 14 rings (SSSR count). The van der Waals surface area contributed by atoms with E-state index in [4.69, 9.17) is 0 Å². The molecule has 4 heterocycles. The second-order valence-corrected chi connectivity index (χ2v) is 21.7. The predicted molar refractivity (Wildman–Crippen MR) is 287 cm³/mol. The summed E-state index contributed by atoms with van der Waals surface area (Å²) in [5.41, 5.74) is 26.8. The van der Waals surface area contributed by atoms with Crippen LogP contribution in [0.5, 0.6) is 0 Å². The molecular formula is C62H50B2N2. The highest BCUT2D eigenvalue weighted by Crippen LogP contribution is 2.51. The first-order valence-electron chi connectivity index (χ1n) is 23.9. The molecule has 0 amide bonds. The Morgan fingerprint density at radius 2 is 0.727 bits per heavy atom. The van der Waals surface area contributed by atoms with Gasteiger partial charge in [0.2, 0.25) is 13.4 Å². The van der Waals surface area contributed by atoms with E-state index in [9.17, 15) is 0 Å². The Hall–Kier alpha value is -7.03. The third-order valence-corrected chi connectivity index (χ3v) is 15.9. The van der Waals surface area contributed by atoms with Gasteiger partial charge in [-0.05, 0) is 172 Å². The Morgan fingerprint density at radius 1 is 0.348 bits per heavy atom. The Morgan fingerprint density at radius 3 is 1.12 bits per heavy atom. The average Bonchev–Trinajstić information content (AvgIpc) is 3.31. The zero-order chi connectivity index (χ0) is 44.7. The fourth-order valence-corrected chi connectivity index (χ4v) is 12.9. The van der Waals surface area contributed by atoms with Crippen molar-refractivity contribution >= 4 is 113 Å². The molecule has 0 radical (unpaired) electrons. The van der Waals surface area contributed by atoms with Crippen molar-refractivity contribution in [3.63, 3.8) is 0 Å². The van der Waals surface area contributed by atoms with Gasteiger partial charge in [-0.3, -0.25) is 0 Å². The van der Waals surface area contributed by atoms with E-state index in [2.05, 4.69) is 223 Å². The fraction of sp³-hybridized carbons (Fsp3) is 0.161. The lowest BCUT2D eigenvalue weighted by atomic mass is 9.31. The van der Waals surface area contributed by atoms with Crippen LogP contribution in [0.3, 0.4) is 0 Å². The summed E-state index contributed by atoms with van der Waals surface area (Å²) in [6.07, 6.45) is 0. The molecular weight excluding hydrogens is 794 g/mol. The molecule has 0 unspecified atom stereocenters. The number of anilines is 6. The highest BCUT2D eigenvalue weighted by molar-refractivity contribution is 7.02. The SMILES string of the molecule is Cc1cc2c3c(cc4c(C)cc5c6c(cc1c3c46)B1c3ccccc3N(c3ccccc3)c3cc(C(C)(C)C)cc-5c31)B1c3ccccc3N(c3ccccc3)c3cc(C(C)(C)C)cc-2c31.